The molecule has 0 unspecified atom stereocenters. The van der Waals surface area contributed by atoms with Crippen molar-refractivity contribution in [3.8, 4) is 0 Å². The highest BCUT2D eigenvalue weighted by Gasteiger charge is 2.49. The highest BCUT2D eigenvalue weighted by atomic mass is 16.6. The molecule has 0 N–H and O–H groups in total. The highest BCUT2D eigenvalue weighted by molar-refractivity contribution is 5.68. The molecule has 0 aromatic rings. The zero-order valence-corrected chi connectivity index (χ0v) is 12.2. The van der Waals surface area contributed by atoms with Gasteiger partial charge in [0, 0.05) is 25.7 Å². The molecular weight excluding hydrogens is 298 g/mol. The number of hydrogen-bond donors (Lipinski definition) is 0. The molecule has 1 aliphatic rings. The number of ether oxygens (including phenoxy) is 4. The number of esters is 3. The molecular formula is C12H15N3O7. The van der Waals surface area contributed by atoms with Gasteiger partial charge in [-0.15, -0.1) is 0 Å². The van der Waals surface area contributed by atoms with Crippen molar-refractivity contribution in [3.05, 3.63) is 22.8 Å². The number of carbonyl (C=O) groups is 3. The number of azide groups is 1. The van der Waals surface area contributed by atoms with Gasteiger partial charge in [0.05, 0.1) is 0 Å². The minimum atomic E-state index is -1.31. The Bertz CT molecular complexity index is 541. The number of rotatable bonds is 4. The summed E-state index contributed by atoms with van der Waals surface area (Å²) in [4.78, 5) is 36.2. The van der Waals surface area contributed by atoms with Gasteiger partial charge in [-0.05, 0) is 10.6 Å². The highest BCUT2D eigenvalue weighted by Crippen LogP contribution is 2.30. The summed E-state index contributed by atoms with van der Waals surface area (Å²) in [6.07, 6.45) is -5.04. The minimum Gasteiger partial charge on any atom is -0.481 e. The van der Waals surface area contributed by atoms with Gasteiger partial charge < -0.3 is 18.9 Å². The normalized spacial score (nSPS) is 27.0. The Balaban J connectivity index is 3.21. The Morgan fingerprint density at radius 2 is 1.59 bits per heavy atom. The van der Waals surface area contributed by atoms with Crippen LogP contribution in [0.4, 0.5) is 0 Å². The lowest BCUT2D eigenvalue weighted by Gasteiger charge is -2.39. The molecule has 1 rings (SSSR count). The van der Waals surface area contributed by atoms with Crippen molar-refractivity contribution in [2.75, 3.05) is 0 Å². The van der Waals surface area contributed by atoms with E-state index in [1.807, 2.05) is 0 Å². The van der Waals surface area contributed by atoms with Crippen LogP contribution in [0.5, 0.6) is 0 Å². The third-order valence-corrected chi connectivity index (χ3v) is 2.56. The molecule has 0 saturated carbocycles. The van der Waals surface area contributed by atoms with E-state index in [9.17, 15) is 14.4 Å². The summed E-state index contributed by atoms with van der Waals surface area (Å²) in [6, 6.07) is 0. The SMILES string of the molecule is C=C1O[C@@H](N=[N+]=[N-])[C@H](OC(C)=O)[C@@H](OC(C)=O)[C@@H]1OC(C)=O. The van der Waals surface area contributed by atoms with E-state index >= 15 is 0 Å². The predicted molar refractivity (Wildman–Crippen MR) is 69.8 cm³/mol. The quantitative estimate of drug-likeness (QED) is 0.248. The van der Waals surface area contributed by atoms with E-state index in [2.05, 4.69) is 16.6 Å². The standard InChI is InChI=1S/C12H15N3O7/c1-5-9(20-6(2)16)10(21-7(3)17)11(22-8(4)18)12(19-5)14-15-13/h9-12H,1H2,2-4H3/t9-,10+,11-,12-/m1/s1. The van der Waals surface area contributed by atoms with Crippen LogP contribution in [0.3, 0.4) is 0 Å². The van der Waals surface area contributed by atoms with Crippen molar-refractivity contribution in [2.45, 2.75) is 45.3 Å². The van der Waals surface area contributed by atoms with Gasteiger partial charge in [-0.3, -0.25) is 14.4 Å². The van der Waals surface area contributed by atoms with Crippen LogP contribution in [0.1, 0.15) is 20.8 Å². The minimum absolute atomic E-state index is 0.0951. The molecule has 1 fully saturated rings. The fraction of sp³-hybridized carbons (Fsp3) is 0.583. The molecule has 0 radical (unpaired) electrons. The molecule has 120 valence electrons. The molecule has 1 aliphatic heterocycles. The lowest BCUT2D eigenvalue weighted by molar-refractivity contribution is -0.209. The molecule has 0 aromatic heterocycles. The Kier molecular flexibility index (Phi) is 5.76. The Morgan fingerprint density at radius 1 is 1.09 bits per heavy atom. The molecule has 4 atom stereocenters. The van der Waals surface area contributed by atoms with E-state index in [-0.39, 0.29) is 5.76 Å². The van der Waals surface area contributed by atoms with Crippen LogP contribution in [-0.4, -0.2) is 42.4 Å². The molecule has 10 nitrogen and oxygen atoms in total. The maximum atomic E-state index is 11.3. The largest absolute Gasteiger partial charge is 0.481 e. The Hall–Kier alpha value is -2.74. The Labute approximate surface area is 125 Å². The number of carbonyl (C=O) groups excluding carboxylic acids is 3. The van der Waals surface area contributed by atoms with Gasteiger partial charge >= 0.3 is 17.9 Å². The third-order valence-electron chi connectivity index (χ3n) is 2.56. The van der Waals surface area contributed by atoms with Crippen molar-refractivity contribution in [2.24, 2.45) is 5.11 Å². The second-order valence-electron chi connectivity index (χ2n) is 4.36. The first-order chi connectivity index (χ1) is 10.3. The topological polar surface area (TPSA) is 137 Å². The Morgan fingerprint density at radius 3 is 2.05 bits per heavy atom. The van der Waals surface area contributed by atoms with Gasteiger partial charge in [-0.25, -0.2) is 0 Å². The first-order valence-corrected chi connectivity index (χ1v) is 6.17. The second-order valence-corrected chi connectivity index (χ2v) is 4.36. The molecule has 0 amide bonds. The van der Waals surface area contributed by atoms with Crippen LogP contribution in [0.15, 0.2) is 17.5 Å². The van der Waals surface area contributed by atoms with Gasteiger partial charge in [-0.2, -0.15) is 0 Å². The van der Waals surface area contributed by atoms with Crippen LogP contribution in [-0.2, 0) is 33.3 Å². The molecule has 1 saturated heterocycles. The van der Waals surface area contributed by atoms with E-state index in [4.69, 9.17) is 24.5 Å². The van der Waals surface area contributed by atoms with Crippen molar-refractivity contribution < 1.29 is 33.3 Å². The van der Waals surface area contributed by atoms with Gasteiger partial charge in [0.15, 0.2) is 18.3 Å². The molecule has 0 spiro atoms. The van der Waals surface area contributed by atoms with Crippen LogP contribution >= 0.6 is 0 Å². The maximum absolute atomic E-state index is 11.3. The summed E-state index contributed by atoms with van der Waals surface area (Å²) in [7, 11) is 0. The van der Waals surface area contributed by atoms with Gasteiger partial charge in [-0.1, -0.05) is 6.58 Å². The summed E-state index contributed by atoms with van der Waals surface area (Å²) < 4.78 is 20.2. The van der Waals surface area contributed by atoms with Crippen LogP contribution in [0.25, 0.3) is 10.4 Å². The number of hydrogen-bond acceptors (Lipinski definition) is 8. The summed E-state index contributed by atoms with van der Waals surface area (Å²) >= 11 is 0. The van der Waals surface area contributed by atoms with E-state index in [1.54, 1.807) is 0 Å². The zero-order valence-electron chi connectivity index (χ0n) is 12.2. The smallest absolute Gasteiger partial charge is 0.303 e. The van der Waals surface area contributed by atoms with Crippen molar-refractivity contribution in [1.82, 2.24) is 0 Å². The summed E-state index contributed by atoms with van der Waals surface area (Å²) in [5.74, 6) is -2.22. The van der Waals surface area contributed by atoms with Crippen LogP contribution in [0.2, 0.25) is 0 Å². The number of nitrogens with zero attached hydrogens (tertiary/aromatic N) is 3. The fourth-order valence-electron chi connectivity index (χ4n) is 1.90. The molecule has 0 aliphatic carbocycles. The van der Waals surface area contributed by atoms with Gasteiger partial charge in [0.25, 0.3) is 0 Å². The van der Waals surface area contributed by atoms with E-state index in [1.165, 1.54) is 0 Å². The second kappa shape index (κ2) is 7.32. The first-order valence-electron chi connectivity index (χ1n) is 6.17. The van der Waals surface area contributed by atoms with Crippen molar-refractivity contribution in [3.63, 3.8) is 0 Å². The molecule has 1 heterocycles. The molecule has 10 heteroatoms. The summed E-state index contributed by atoms with van der Waals surface area (Å²) in [5, 5.41) is 3.33. The lowest BCUT2D eigenvalue weighted by Crippen LogP contribution is -2.55. The average molecular weight is 313 g/mol. The lowest BCUT2D eigenvalue weighted by atomic mass is 10.0. The summed E-state index contributed by atoms with van der Waals surface area (Å²) in [5.41, 5.74) is 8.55. The zero-order chi connectivity index (χ0) is 16.9. The van der Waals surface area contributed by atoms with E-state index in [0.717, 1.165) is 20.8 Å². The molecule has 22 heavy (non-hydrogen) atoms. The van der Waals surface area contributed by atoms with Crippen molar-refractivity contribution >= 4 is 17.9 Å². The molecule has 0 bridgehead atoms. The van der Waals surface area contributed by atoms with Crippen molar-refractivity contribution in [1.29, 1.82) is 0 Å². The molecule has 0 aromatic carbocycles. The fourth-order valence-corrected chi connectivity index (χ4v) is 1.90. The maximum Gasteiger partial charge on any atom is 0.303 e. The average Bonchev–Trinajstić information content (AvgIpc) is 2.37. The van der Waals surface area contributed by atoms with E-state index in [0.29, 0.717) is 0 Å². The predicted octanol–water partition coefficient (Wildman–Crippen LogP) is 0.962. The van der Waals surface area contributed by atoms with Crippen LogP contribution < -0.4 is 0 Å². The van der Waals surface area contributed by atoms with Gasteiger partial charge in [0.1, 0.15) is 5.76 Å². The first kappa shape index (κ1) is 17.3. The summed E-state index contributed by atoms with van der Waals surface area (Å²) in [6.45, 7) is 6.91. The third kappa shape index (κ3) is 4.38. The van der Waals surface area contributed by atoms with Gasteiger partial charge in [0.2, 0.25) is 6.23 Å². The van der Waals surface area contributed by atoms with E-state index < -0.39 is 42.4 Å². The van der Waals surface area contributed by atoms with Crippen LogP contribution in [0, 0.1) is 0 Å². The monoisotopic (exact) mass is 313 g/mol.